The van der Waals surface area contributed by atoms with Crippen LogP contribution in [-0.4, -0.2) is 21.1 Å². The quantitative estimate of drug-likeness (QED) is 0.756. The van der Waals surface area contributed by atoms with E-state index in [0.29, 0.717) is 17.7 Å². The van der Waals surface area contributed by atoms with Gasteiger partial charge in [0.25, 0.3) is 10.1 Å². The van der Waals surface area contributed by atoms with Crippen molar-refractivity contribution in [1.29, 1.82) is 0 Å². The molecule has 6 nitrogen and oxygen atoms in total. The van der Waals surface area contributed by atoms with Crippen LogP contribution in [0.1, 0.15) is 24.5 Å². The molecule has 0 spiro atoms. The Kier molecular flexibility index (Phi) is 6.55. The van der Waals surface area contributed by atoms with Gasteiger partial charge in [0.1, 0.15) is 6.61 Å². The van der Waals surface area contributed by atoms with Crippen LogP contribution in [0, 0.1) is 6.92 Å². The third-order valence-corrected chi connectivity index (χ3v) is 4.70. The Labute approximate surface area is 147 Å². The number of hydrogen-bond acceptors (Lipinski definition) is 5. The first kappa shape index (κ1) is 19.0. The minimum atomic E-state index is -3.84. The van der Waals surface area contributed by atoms with Crippen LogP contribution in [0.2, 0.25) is 0 Å². The molecule has 0 saturated heterocycles. The number of carbonyl (C=O) groups is 1. The molecule has 0 aliphatic carbocycles. The van der Waals surface area contributed by atoms with E-state index in [9.17, 15) is 13.2 Å². The fourth-order valence-electron chi connectivity index (χ4n) is 2.02. The minimum Gasteiger partial charge on any atom is -0.444 e. The lowest BCUT2D eigenvalue weighted by molar-refractivity contribution is 0.155. The Morgan fingerprint density at radius 2 is 1.84 bits per heavy atom. The van der Waals surface area contributed by atoms with Crippen molar-refractivity contribution in [3.8, 4) is 0 Å². The zero-order valence-electron chi connectivity index (χ0n) is 14.2. The van der Waals surface area contributed by atoms with E-state index in [4.69, 9.17) is 8.92 Å². The lowest BCUT2D eigenvalue weighted by Gasteiger charge is -2.11. The first-order chi connectivity index (χ1) is 11.9. The maximum Gasteiger partial charge on any atom is 0.411 e. The number of benzene rings is 2. The van der Waals surface area contributed by atoms with Crippen LogP contribution < -0.4 is 5.32 Å². The van der Waals surface area contributed by atoms with Crippen LogP contribution in [0.15, 0.2) is 53.4 Å². The van der Waals surface area contributed by atoms with E-state index in [1.807, 2.05) is 37.3 Å². The molecule has 0 atom stereocenters. The van der Waals surface area contributed by atoms with Crippen molar-refractivity contribution in [2.24, 2.45) is 0 Å². The molecular weight excluding hydrogens is 342 g/mol. The van der Waals surface area contributed by atoms with Gasteiger partial charge in [-0.1, -0.05) is 43.3 Å². The van der Waals surface area contributed by atoms with E-state index in [-0.39, 0.29) is 18.1 Å². The summed E-state index contributed by atoms with van der Waals surface area (Å²) in [7, 11) is -3.84. The van der Waals surface area contributed by atoms with Gasteiger partial charge in [0.15, 0.2) is 0 Å². The predicted octanol–water partition coefficient (Wildman–Crippen LogP) is 3.86. The molecule has 1 amide bonds. The van der Waals surface area contributed by atoms with E-state index in [1.54, 1.807) is 13.0 Å². The van der Waals surface area contributed by atoms with Gasteiger partial charge < -0.3 is 4.74 Å². The number of nitrogens with one attached hydrogen (secondary N) is 1. The van der Waals surface area contributed by atoms with Gasteiger partial charge in [-0.2, -0.15) is 8.42 Å². The molecule has 0 aromatic heterocycles. The number of amides is 1. The average molecular weight is 363 g/mol. The molecule has 0 radical (unpaired) electrons. The summed E-state index contributed by atoms with van der Waals surface area (Å²) in [6.07, 6.45) is -0.0712. The molecule has 2 aromatic carbocycles. The molecule has 7 heteroatoms. The largest absolute Gasteiger partial charge is 0.444 e. The standard InChI is InChI=1S/C18H21NO5S/c1-3-11-24-25(21,22)16-10-9-14(2)17(12-16)19-18(20)23-13-15-7-5-4-6-8-15/h4-10,12H,3,11,13H2,1-2H3,(H,19,20). The highest BCUT2D eigenvalue weighted by Crippen LogP contribution is 2.22. The van der Waals surface area contributed by atoms with Gasteiger partial charge in [-0.3, -0.25) is 9.50 Å². The van der Waals surface area contributed by atoms with Crippen molar-refractivity contribution < 1.29 is 22.1 Å². The summed E-state index contributed by atoms with van der Waals surface area (Å²) in [5, 5.41) is 2.57. The highest BCUT2D eigenvalue weighted by molar-refractivity contribution is 7.86. The summed E-state index contributed by atoms with van der Waals surface area (Å²) in [6.45, 7) is 3.82. The van der Waals surface area contributed by atoms with Crippen LogP contribution in [0.3, 0.4) is 0 Å². The second kappa shape index (κ2) is 8.64. The summed E-state index contributed by atoms with van der Waals surface area (Å²) in [6, 6.07) is 13.7. The first-order valence-corrected chi connectivity index (χ1v) is 9.31. The van der Waals surface area contributed by atoms with Gasteiger partial charge in [-0.15, -0.1) is 0 Å². The van der Waals surface area contributed by atoms with Gasteiger partial charge in [0.05, 0.1) is 11.5 Å². The molecule has 0 aliphatic heterocycles. The maximum atomic E-state index is 12.1. The average Bonchev–Trinajstić information content (AvgIpc) is 2.61. The zero-order chi connectivity index (χ0) is 18.3. The molecule has 0 aliphatic rings. The molecular formula is C18H21NO5S. The number of hydrogen-bond donors (Lipinski definition) is 1. The summed E-state index contributed by atoms with van der Waals surface area (Å²) in [5.41, 5.74) is 1.93. The van der Waals surface area contributed by atoms with Gasteiger partial charge in [0.2, 0.25) is 0 Å². The Morgan fingerprint density at radius 1 is 1.12 bits per heavy atom. The summed E-state index contributed by atoms with van der Waals surface area (Å²) < 4.78 is 34.2. The molecule has 2 rings (SSSR count). The highest BCUT2D eigenvalue weighted by atomic mass is 32.2. The van der Waals surface area contributed by atoms with E-state index >= 15 is 0 Å². The predicted molar refractivity (Wildman–Crippen MR) is 94.9 cm³/mol. The summed E-state index contributed by atoms with van der Waals surface area (Å²) in [4.78, 5) is 11.9. The van der Waals surface area contributed by atoms with Gasteiger partial charge in [-0.05, 0) is 36.6 Å². The summed E-state index contributed by atoms with van der Waals surface area (Å²) >= 11 is 0. The SMILES string of the molecule is CCCOS(=O)(=O)c1ccc(C)c(NC(=O)OCc2ccccc2)c1. The molecule has 0 bridgehead atoms. The lowest BCUT2D eigenvalue weighted by atomic mass is 10.2. The van der Waals surface area contributed by atoms with Gasteiger partial charge in [0, 0.05) is 5.69 Å². The van der Waals surface area contributed by atoms with Crippen LogP contribution in [0.5, 0.6) is 0 Å². The van der Waals surface area contributed by atoms with Crippen molar-refractivity contribution in [2.45, 2.75) is 31.8 Å². The monoisotopic (exact) mass is 363 g/mol. The van der Waals surface area contributed by atoms with Gasteiger partial charge in [-0.25, -0.2) is 4.79 Å². The number of rotatable bonds is 7. The fraction of sp³-hybridized carbons (Fsp3) is 0.278. The van der Waals surface area contributed by atoms with Crippen molar-refractivity contribution in [3.63, 3.8) is 0 Å². The van der Waals surface area contributed by atoms with Crippen LogP contribution in [-0.2, 0) is 25.6 Å². The lowest BCUT2D eigenvalue weighted by Crippen LogP contribution is -2.15. The summed E-state index contributed by atoms with van der Waals surface area (Å²) in [5.74, 6) is 0. The van der Waals surface area contributed by atoms with Crippen molar-refractivity contribution >= 4 is 21.9 Å². The molecule has 0 unspecified atom stereocenters. The topological polar surface area (TPSA) is 81.7 Å². The minimum absolute atomic E-state index is 0.00934. The van der Waals surface area contributed by atoms with Crippen LogP contribution >= 0.6 is 0 Å². The first-order valence-electron chi connectivity index (χ1n) is 7.90. The smallest absolute Gasteiger partial charge is 0.411 e. The number of anilines is 1. The Bertz CT molecular complexity index is 819. The Hall–Kier alpha value is -2.38. The second-order valence-electron chi connectivity index (χ2n) is 5.44. The molecule has 1 N–H and O–H groups in total. The fourth-order valence-corrected chi connectivity index (χ4v) is 3.04. The molecule has 0 saturated carbocycles. The molecule has 0 heterocycles. The van der Waals surface area contributed by atoms with Gasteiger partial charge >= 0.3 is 6.09 Å². The van der Waals surface area contributed by atoms with E-state index in [1.165, 1.54) is 12.1 Å². The number of carbonyl (C=O) groups excluding carboxylic acids is 1. The Morgan fingerprint density at radius 3 is 2.52 bits per heavy atom. The third-order valence-electron chi connectivity index (χ3n) is 3.39. The van der Waals surface area contributed by atoms with Crippen LogP contribution in [0.25, 0.3) is 0 Å². The molecule has 25 heavy (non-hydrogen) atoms. The maximum absolute atomic E-state index is 12.1. The number of aryl methyl sites for hydroxylation is 1. The second-order valence-corrected chi connectivity index (χ2v) is 7.05. The van der Waals surface area contributed by atoms with Crippen LogP contribution in [0.4, 0.5) is 10.5 Å². The zero-order valence-corrected chi connectivity index (χ0v) is 15.0. The van der Waals surface area contributed by atoms with E-state index < -0.39 is 16.2 Å². The molecule has 134 valence electrons. The van der Waals surface area contributed by atoms with E-state index in [0.717, 1.165) is 5.56 Å². The van der Waals surface area contributed by atoms with Crippen molar-refractivity contribution in [1.82, 2.24) is 0 Å². The highest BCUT2D eigenvalue weighted by Gasteiger charge is 2.17. The Balaban J connectivity index is 2.06. The molecule has 0 fully saturated rings. The van der Waals surface area contributed by atoms with Crippen molar-refractivity contribution in [3.05, 3.63) is 59.7 Å². The van der Waals surface area contributed by atoms with Crippen molar-refractivity contribution in [2.75, 3.05) is 11.9 Å². The molecule has 2 aromatic rings. The normalized spacial score (nSPS) is 11.1. The number of ether oxygens (including phenoxy) is 1. The van der Waals surface area contributed by atoms with E-state index in [2.05, 4.69) is 5.32 Å². The third kappa shape index (κ3) is 5.58.